The molecule has 0 unspecified atom stereocenters. The molecule has 6 nitrogen and oxygen atoms in total. The van der Waals surface area contributed by atoms with E-state index in [4.69, 9.17) is 0 Å². The Balaban J connectivity index is 1.67. The number of para-hydroxylation sites is 2. The fourth-order valence-corrected chi connectivity index (χ4v) is 4.54. The minimum absolute atomic E-state index is 0.114. The fourth-order valence-electron chi connectivity index (χ4n) is 3.79. The number of aromatic nitrogens is 3. The number of phenols is 1. The van der Waals surface area contributed by atoms with Gasteiger partial charge in [0.25, 0.3) is 0 Å². The molecular weight excluding hydrogens is 432 g/mol. The van der Waals surface area contributed by atoms with Crippen molar-refractivity contribution in [2.45, 2.75) is 32.9 Å². The van der Waals surface area contributed by atoms with Crippen LogP contribution in [0.3, 0.4) is 0 Å². The molecule has 0 aliphatic carbocycles. The molecule has 33 heavy (non-hydrogen) atoms. The maximum atomic E-state index is 12.8. The monoisotopic (exact) mass is 458 g/mol. The van der Waals surface area contributed by atoms with Crippen molar-refractivity contribution in [1.29, 1.82) is 0 Å². The second-order valence-electron chi connectivity index (χ2n) is 8.05. The maximum absolute atomic E-state index is 12.8. The molecule has 4 rings (SSSR count). The Morgan fingerprint density at radius 2 is 1.67 bits per heavy atom. The molecule has 0 saturated heterocycles. The zero-order valence-corrected chi connectivity index (χ0v) is 19.9. The number of hydrogen-bond acceptors (Lipinski definition) is 5. The topological polar surface area (TPSA) is 80.0 Å². The van der Waals surface area contributed by atoms with Gasteiger partial charge >= 0.3 is 0 Å². The summed E-state index contributed by atoms with van der Waals surface area (Å²) < 4.78 is 1.90. The predicted molar refractivity (Wildman–Crippen MR) is 133 cm³/mol. The lowest BCUT2D eigenvalue weighted by molar-refractivity contribution is -0.113. The lowest BCUT2D eigenvalue weighted by atomic mass is 10.1. The van der Waals surface area contributed by atoms with Crippen molar-refractivity contribution < 1.29 is 9.90 Å². The van der Waals surface area contributed by atoms with Crippen molar-refractivity contribution in [3.05, 3.63) is 82.9 Å². The van der Waals surface area contributed by atoms with Gasteiger partial charge in [-0.05, 0) is 62.6 Å². The third-order valence-corrected chi connectivity index (χ3v) is 6.38. The number of phenolic OH excluding ortho intramolecular Hbond substituents is 1. The lowest BCUT2D eigenvalue weighted by Gasteiger charge is -2.14. The number of aryl methyl sites for hydroxylation is 4. The summed E-state index contributed by atoms with van der Waals surface area (Å²) >= 11 is 1.31. The van der Waals surface area contributed by atoms with E-state index >= 15 is 0 Å². The number of carbonyl (C=O) groups is 1. The van der Waals surface area contributed by atoms with Gasteiger partial charge in [-0.15, -0.1) is 10.2 Å². The van der Waals surface area contributed by atoms with Gasteiger partial charge in [-0.2, -0.15) is 0 Å². The Hall–Kier alpha value is -3.58. The first-order valence-corrected chi connectivity index (χ1v) is 11.6. The highest BCUT2D eigenvalue weighted by molar-refractivity contribution is 7.99. The lowest BCUT2D eigenvalue weighted by Crippen LogP contribution is -2.16. The van der Waals surface area contributed by atoms with Crippen molar-refractivity contribution in [3.63, 3.8) is 0 Å². The third kappa shape index (κ3) is 4.78. The van der Waals surface area contributed by atoms with Crippen LogP contribution in [0.25, 0.3) is 17.1 Å². The number of aromatic hydroxyl groups is 1. The van der Waals surface area contributed by atoms with Crippen LogP contribution in [0.15, 0.2) is 65.8 Å². The highest BCUT2D eigenvalue weighted by atomic mass is 32.2. The summed E-state index contributed by atoms with van der Waals surface area (Å²) in [5, 5.41) is 22.8. The summed E-state index contributed by atoms with van der Waals surface area (Å²) in [7, 11) is 0. The minimum atomic E-state index is -0.114. The van der Waals surface area contributed by atoms with Gasteiger partial charge < -0.3 is 10.4 Å². The van der Waals surface area contributed by atoms with Gasteiger partial charge in [-0.3, -0.25) is 9.36 Å². The number of thioether (sulfide) groups is 1. The van der Waals surface area contributed by atoms with Crippen LogP contribution >= 0.6 is 11.8 Å². The van der Waals surface area contributed by atoms with Crippen LogP contribution in [0.2, 0.25) is 0 Å². The molecule has 7 heteroatoms. The predicted octanol–water partition coefficient (Wildman–Crippen LogP) is 5.60. The van der Waals surface area contributed by atoms with Crippen LogP contribution in [-0.4, -0.2) is 31.5 Å². The summed E-state index contributed by atoms with van der Waals surface area (Å²) in [6, 6.07) is 19.1. The Morgan fingerprint density at radius 3 is 2.36 bits per heavy atom. The number of anilines is 1. The standard InChI is InChI=1S/C26H26N4O2S/c1-16-12-13-21(19(4)14-16)30-25(20-10-5-6-11-22(20)31)28-29-26(30)33-15-23(32)27-24-17(2)8-7-9-18(24)3/h5-14,31H,15H2,1-4H3,(H,27,32). The van der Waals surface area contributed by atoms with E-state index < -0.39 is 0 Å². The largest absolute Gasteiger partial charge is 0.507 e. The summed E-state index contributed by atoms with van der Waals surface area (Å²) in [5.74, 6) is 0.715. The molecule has 0 saturated carbocycles. The fraction of sp³-hybridized carbons (Fsp3) is 0.192. The van der Waals surface area contributed by atoms with E-state index in [0.717, 1.165) is 33.6 Å². The van der Waals surface area contributed by atoms with Crippen molar-refractivity contribution in [2.75, 3.05) is 11.1 Å². The van der Waals surface area contributed by atoms with Crippen molar-refractivity contribution in [2.24, 2.45) is 0 Å². The van der Waals surface area contributed by atoms with Crippen molar-refractivity contribution in [1.82, 2.24) is 14.8 Å². The van der Waals surface area contributed by atoms with Gasteiger partial charge in [-0.25, -0.2) is 0 Å². The Kier molecular flexibility index (Phi) is 6.51. The maximum Gasteiger partial charge on any atom is 0.234 e. The van der Waals surface area contributed by atoms with E-state index in [2.05, 4.69) is 21.6 Å². The number of carbonyl (C=O) groups excluding carboxylic acids is 1. The molecule has 2 N–H and O–H groups in total. The number of amides is 1. The molecule has 0 aliphatic rings. The molecular formula is C26H26N4O2S. The Morgan fingerprint density at radius 1 is 0.939 bits per heavy atom. The first-order chi connectivity index (χ1) is 15.8. The summed E-state index contributed by atoms with van der Waals surface area (Å²) in [6.07, 6.45) is 0. The van der Waals surface area contributed by atoms with Crippen molar-refractivity contribution in [3.8, 4) is 22.8 Å². The van der Waals surface area contributed by atoms with Crippen LogP contribution in [-0.2, 0) is 4.79 Å². The zero-order valence-electron chi connectivity index (χ0n) is 19.1. The van der Waals surface area contributed by atoms with Crippen LogP contribution in [0.1, 0.15) is 22.3 Å². The number of rotatable bonds is 6. The van der Waals surface area contributed by atoms with E-state index in [1.165, 1.54) is 11.8 Å². The van der Waals surface area contributed by atoms with E-state index in [1.54, 1.807) is 12.1 Å². The van der Waals surface area contributed by atoms with E-state index in [9.17, 15) is 9.90 Å². The minimum Gasteiger partial charge on any atom is -0.507 e. The molecule has 0 aliphatic heterocycles. The average molecular weight is 459 g/mol. The summed E-state index contributed by atoms with van der Waals surface area (Å²) in [4.78, 5) is 12.8. The van der Waals surface area contributed by atoms with Gasteiger partial charge in [0, 0.05) is 5.69 Å². The molecule has 0 fully saturated rings. The molecule has 168 valence electrons. The summed E-state index contributed by atoms with van der Waals surface area (Å²) in [6.45, 7) is 8.02. The molecule has 1 aromatic heterocycles. The van der Waals surface area contributed by atoms with Crippen LogP contribution in [0, 0.1) is 27.7 Å². The Labute approximate surface area is 197 Å². The molecule has 0 spiro atoms. The van der Waals surface area contributed by atoms with E-state index in [-0.39, 0.29) is 17.4 Å². The van der Waals surface area contributed by atoms with Crippen LogP contribution < -0.4 is 5.32 Å². The van der Waals surface area contributed by atoms with E-state index in [1.807, 2.05) is 74.7 Å². The highest BCUT2D eigenvalue weighted by Gasteiger charge is 2.20. The first kappa shape index (κ1) is 22.6. The SMILES string of the molecule is Cc1ccc(-n2c(SCC(=O)Nc3c(C)cccc3C)nnc2-c2ccccc2O)c(C)c1. The molecule has 0 atom stereocenters. The molecule has 4 aromatic rings. The van der Waals surface area contributed by atoms with E-state index in [0.29, 0.717) is 16.5 Å². The second-order valence-corrected chi connectivity index (χ2v) is 8.99. The van der Waals surface area contributed by atoms with Gasteiger partial charge in [0.2, 0.25) is 5.91 Å². The van der Waals surface area contributed by atoms with Crippen LogP contribution in [0.4, 0.5) is 5.69 Å². The number of nitrogens with zero attached hydrogens (tertiary/aromatic N) is 3. The molecule has 3 aromatic carbocycles. The normalized spacial score (nSPS) is 10.9. The van der Waals surface area contributed by atoms with Gasteiger partial charge in [0.1, 0.15) is 5.75 Å². The molecule has 0 radical (unpaired) electrons. The van der Waals surface area contributed by atoms with Gasteiger partial charge in [0.15, 0.2) is 11.0 Å². The van der Waals surface area contributed by atoms with Crippen LogP contribution in [0.5, 0.6) is 5.75 Å². The van der Waals surface area contributed by atoms with Gasteiger partial charge in [0.05, 0.1) is 17.0 Å². The molecule has 0 bridgehead atoms. The number of benzene rings is 3. The number of nitrogens with one attached hydrogen (secondary N) is 1. The Bertz CT molecular complexity index is 1310. The zero-order chi connectivity index (χ0) is 23.5. The highest BCUT2D eigenvalue weighted by Crippen LogP contribution is 2.34. The average Bonchev–Trinajstić information content (AvgIpc) is 3.19. The third-order valence-electron chi connectivity index (χ3n) is 5.45. The summed E-state index contributed by atoms with van der Waals surface area (Å²) in [5.41, 5.74) is 6.57. The van der Waals surface area contributed by atoms with Crippen molar-refractivity contribution >= 4 is 23.4 Å². The second kappa shape index (κ2) is 9.50. The number of hydrogen-bond donors (Lipinski definition) is 2. The molecule has 1 heterocycles. The van der Waals surface area contributed by atoms with Gasteiger partial charge in [-0.1, -0.05) is 59.8 Å². The first-order valence-electron chi connectivity index (χ1n) is 10.7. The quantitative estimate of drug-likeness (QED) is 0.368. The smallest absolute Gasteiger partial charge is 0.234 e. The molecule has 1 amide bonds.